The zero-order valence-corrected chi connectivity index (χ0v) is 14.3. The van der Waals surface area contributed by atoms with Gasteiger partial charge in [-0.2, -0.15) is 4.98 Å². The van der Waals surface area contributed by atoms with Gasteiger partial charge in [0.25, 0.3) is 5.89 Å². The predicted octanol–water partition coefficient (Wildman–Crippen LogP) is 2.51. The highest BCUT2D eigenvalue weighted by atomic mass is 16.5. The molecule has 130 valence electrons. The molecule has 1 aromatic carbocycles. The van der Waals surface area contributed by atoms with Gasteiger partial charge in [-0.3, -0.25) is 4.98 Å². The van der Waals surface area contributed by atoms with E-state index in [1.54, 1.807) is 10.9 Å². The summed E-state index contributed by atoms with van der Waals surface area (Å²) in [6, 6.07) is 9.88. The first kappa shape index (κ1) is 15.2. The number of fused-ring (bicyclic) bond motifs is 1. The third-order valence-electron chi connectivity index (χ3n) is 5.05. The average molecular weight is 347 g/mol. The molecule has 1 fully saturated rings. The molecule has 0 aliphatic heterocycles. The van der Waals surface area contributed by atoms with Gasteiger partial charge in [0.05, 0.1) is 22.4 Å². The monoisotopic (exact) mass is 347 g/mol. The van der Waals surface area contributed by atoms with Crippen LogP contribution in [0.2, 0.25) is 0 Å². The van der Waals surface area contributed by atoms with Gasteiger partial charge in [0.15, 0.2) is 11.5 Å². The molecule has 0 radical (unpaired) electrons. The molecule has 0 saturated heterocycles. The van der Waals surface area contributed by atoms with Crippen LogP contribution in [0.3, 0.4) is 0 Å². The Balaban J connectivity index is 1.54. The molecule has 8 nitrogen and oxygen atoms in total. The smallest absolute Gasteiger partial charge is 0.280 e. The molecule has 5 rings (SSSR count). The van der Waals surface area contributed by atoms with Crippen LogP contribution in [0.25, 0.3) is 28.2 Å². The molecule has 2 N–H and O–H groups in total. The summed E-state index contributed by atoms with van der Waals surface area (Å²) in [5.74, 6) is 0.896. The van der Waals surface area contributed by atoms with Crippen LogP contribution in [0.1, 0.15) is 30.8 Å². The lowest BCUT2D eigenvalue weighted by Gasteiger charge is -2.34. The van der Waals surface area contributed by atoms with Crippen molar-refractivity contribution < 1.29 is 4.52 Å². The van der Waals surface area contributed by atoms with Crippen molar-refractivity contribution in [1.82, 2.24) is 30.1 Å². The highest BCUT2D eigenvalue weighted by molar-refractivity contribution is 5.80. The zero-order chi connectivity index (χ0) is 17.7. The maximum atomic E-state index is 6.27. The van der Waals surface area contributed by atoms with E-state index < -0.39 is 5.54 Å². The van der Waals surface area contributed by atoms with Crippen molar-refractivity contribution in [3.8, 4) is 17.3 Å². The number of pyridine rings is 1. The van der Waals surface area contributed by atoms with Crippen molar-refractivity contribution in [2.45, 2.75) is 31.7 Å². The minimum Gasteiger partial charge on any atom is -0.332 e. The molecule has 1 saturated carbocycles. The summed E-state index contributed by atoms with van der Waals surface area (Å²) in [5, 5.41) is 13.6. The second-order valence-corrected chi connectivity index (χ2v) is 6.75. The largest absolute Gasteiger partial charge is 0.332 e. The van der Waals surface area contributed by atoms with Gasteiger partial charge in [-0.05, 0) is 50.5 Å². The summed E-state index contributed by atoms with van der Waals surface area (Å²) in [7, 11) is 0. The Morgan fingerprint density at radius 1 is 1.23 bits per heavy atom. The Morgan fingerprint density at radius 2 is 2.12 bits per heavy atom. The van der Waals surface area contributed by atoms with Crippen LogP contribution in [0.4, 0.5) is 0 Å². The molecular formula is C18H17N7O. The SMILES string of the molecule is Cc1c(-c2nc(C3(N)CCC3)no2)nnn1-c1ccc2ncccc2c1. The molecule has 0 atom stereocenters. The predicted molar refractivity (Wildman–Crippen MR) is 94.4 cm³/mol. The molecule has 4 aromatic rings. The highest BCUT2D eigenvalue weighted by Crippen LogP contribution is 2.37. The van der Waals surface area contributed by atoms with Gasteiger partial charge in [0, 0.05) is 11.6 Å². The van der Waals surface area contributed by atoms with Crippen molar-refractivity contribution in [2.75, 3.05) is 0 Å². The number of nitrogens with two attached hydrogens (primary N) is 1. The molecule has 0 unspecified atom stereocenters. The lowest BCUT2D eigenvalue weighted by Crippen LogP contribution is -2.44. The highest BCUT2D eigenvalue weighted by Gasteiger charge is 2.39. The van der Waals surface area contributed by atoms with Crippen molar-refractivity contribution in [3.05, 3.63) is 48.0 Å². The van der Waals surface area contributed by atoms with Crippen molar-refractivity contribution in [1.29, 1.82) is 0 Å². The van der Waals surface area contributed by atoms with Gasteiger partial charge < -0.3 is 10.3 Å². The van der Waals surface area contributed by atoms with Crippen LogP contribution >= 0.6 is 0 Å². The van der Waals surface area contributed by atoms with E-state index >= 15 is 0 Å². The number of hydrogen-bond donors (Lipinski definition) is 1. The maximum absolute atomic E-state index is 6.27. The summed E-state index contributed by atoms with van der Waals surface area (Å²) in [4.78, 5) is 8.80. The van der Waals surface area contributed by atoms with E-state index in [0.29, 0.717) is 17.4 Å². The zero-order valence-electron chi connectivity index (χ0n) is 14.3. The van der Waals surface area contributed by atoms with Crippen LogP contribution in [-0.4, -0.2) is 30.1 Å². The Labute approximate surface area is 149 Å². The first-order chi connectivity index (χ1) is 12.6. The summed E-state index contributed by atoms with van der Waals surface area (Å²) in [6.45, 7) is 1.92. The topological polar surface area (TPSA) is 109 Å². The van der Waals surface area contributed by atoms with E-state index in [4.69, 9.17) is 10.3 Å². The molecule has 0 bridgehead atoms. The fourth-order valence-electron chi connectivity index (χ4n) is 3.27. The van der Waals surface area contributed by atoms with E-state index in [1.165, 1.54) is 0 Å². The van der Waals surface area contributed by atoms with Crippen LogP contribution in [-0.2, 0) is 5.54 Å². The van der Waals surface area contributed by atoms with Gasteiger partial charge in [-0.1, -0.05) is 16.4 Å². The Bertz CT molecular complexity index is 1110. The molecule has 0 amide bonds. The molecule has 26 heavy (non-hydrogen) atoms. The second-order valence-electron chi connectivity index (χ2n) is 6.75. The molecule has 0 spiro atoms. The molecule has 3 aromatic heterocycles. The first-order valence-electron chi connectivity index (χ1n) is 8.55. The number of benzene rings is 1. The Morgan fingerprint density at radius 3 is 2.92 bits per heavy atom. The number of aromatic nitrogens is 6. The van der Waals surface area contributed by atoms with Crippen LogP contribution in [0.5, 0.6) is 0 Å². The van der Waals surface area contributed by atoms with Crippen LogP contribution in [0, 0.1) is 6.92 Å². The minimum absolute atomic E-state index is 0.350. The van der Waals surface area contributed by atoms with Crippen molar-refractivity contribution in [2.24, 2.45) is 5.73 Å². The van der Waals surface area contributed by atoms with Gasteiger partial charge in [-0.15, -0.1) is 5.10 Å². The molecule has 3 heterocycles. The standard InChI is InChI=1S/C18H17N7O/c1-11-15(16-21-17(23-26-16)18(19)7-3-8-18)22-24-25(11)13-5-6-14-12(10-13)4-2-9-20-14/h2,4-6,9-10H,3,7-8,19H2,1H3. The van der Waals surface area contributed by atoms with E-state index in [-0.39, 0.29) is 0 Å². The normalized spacial score (nSPS) is 15.9. The Hall–Kier alpha value is -3.13. The van der Waals surface area contributed by atoms with Gasteiger partial charge >= 0.3 is 0 Å². The lowest BCUT2D eigenvalue weighted by molar-refractivity contribution is 0.229. The van der Waals surface area contributed by atoms with Crippen molar-refractivity contribution >= 4 is 10.9 Å². The molecule has 1 aliphatic carbocycles. The summed E-state index contributed by atoms with van der Waals surface area (Å²) in [6.07, 6.45) is 4.62. The second kappa shape index (κ2) is 5.43. The quantitative estimate of drug-likeness (QED) is 0.606. The fraction of sp³-hybridized carbons (Fsp3) is 0.278. The summed E-state index contributed by atoms with van der Waals surface area (Å²) in [5.41, 5.74) is 9.03. The van der Waals surface area contributed by atoms with Crippen LogP contribution < -0.4 is 5.73 Å². The van der Waals surface area contributed by atoms with Gasteiger partial charge in [0.2, 0.25) is 0 Å². The van der Waals surface area contributed by atoms with E-state index in [9.17, 15) is 0 Å². The van der Waals surface area contributed by atoms with E-state index in [0.717, 1.165) is 41.5 Å². The third-order valence-corrected chi connectivity index (χ3v) is 5.05. The maximum Gasteiger partial charge on any atom is 0.280 e. The number of rotatable bonds is 3. The Kier molecular flexibility index (Phi) is 3.17. The molecular weight excluding hydrogens is 330 g/mol. The van der Waals surface area contributed by atoms with Gasteiger partial charge in [-0.25, -0.2) is 4.68 Å². The third kappa shape index (κ3) is 2.22. The summed E-state index contributed by atoms with van der Waals surface area (Å²) >= 11 is 0. The first-order valence-corrected chi connectivity index (χ1v) is 8.55. The van der Waals surface area contributed by atoms with Crippen molar-refractivity contribution in [3.63, 3.8) is 0 Å². The fourth-order valence-corrected chi connectivity index (χ4v) is 3.27. The van der Waals surface area contributed by atoms with Gasteiger partial charge in [0.1, 0.15) is 0 Å². The van der Waals surface area contributed by atoms with Crippen LogP contribution in [0.15, 0.2) is 41.1 Å². The number of hydrogen-bond acceptors (Lipinski definition) is 7. The average Bonchev–Trinajstić information content (AvgIpc) is 3.26. The van der Waals surface area contributed by atoms with E-state index in [1.807, 2.05) is 37.3 Å². The number of nitrogens with zero attached hydrogens (tertiary/aromatic N) is 6. The molecule has 1 aliphatic rings. The van der Waals surface area contributed by atoms with E-state index in [2.05, 4.69) is 25.4 Å². The molecule has 8 heteroatoms. The lowest BCUT2D eigenvalue weighted by atomic mass is 9.77. The summed E-state index contributed by atoms with van der Waals surface area (Å²) < 4.78 is 7.16. The minimum atomic E-state index is -0.461.